The minimum absolute atomic E-state index is 0.0728. The first-order valence-corrected chi connectivity index (χ1v) is 7.14. The van der Waals surface area contributed by atoms with Crippen LogP contribution in [0.25, 0.3) is 0 Å². The summed E-state index contributed by atoms with van der Waals surface area (Å²) in [5.41, 5.74) is -1.12. The van der Waals surface area contributed by atoms with Gasteiger partial charge in [-0.05, 0) is 29.8 Å². The maximum Gasteiger partial charge on any atom is 0.305 e. The fraction of sp³-hybridized carbons (Fsp3) is 0.625. The number of rotatable bonds is 5. The van der Waals surface area contributed by atoms with Gasteiger partial charge in [0.2, 0.25) is 5.03 Å². The lowest BCUT2D eigenvalue weighted by molar-refractivity contribution is -0.138. The first kappa shape index (κ1) is 15.1. The van der Waals surface area contributed by atoms with Crippen LogP contribution in [0.15, 0.2) is 9.63 Å². The summed E-state index contributed by atoms with van der Waals surface area (Å²) in [7, 11) is -2.48. The molecule has 0 unspecified atom stereocenters. The monoisotopic (exact) mass is 340 g/mol. The van der Waals surface area contributed by atoms with Gasteiger partial charge in [-0.25, -0.2) is 17.8 Å². The van der Waals surface area contributed by atoms with Crippen LogP contribution in [0, 0.1) is 0 Å². The number of carboxylic acid groups (broad SMARTS) is 1. The van der Waals surface area contributed by atoms with Gasteiger partial charge >= 0.3 is 5.97 Å². The van der Waals surface area contributed by atoms with Gasteiger partial charge in [-0.2, -0.15) is 0 Å². The van der Waals surface area contributed by atoms with E-state index in [1.807, 2.05) is 0 Å². The van der Waals surface area contributed by atoms with E-state index >= 15 is 0 Å². The molecule has 1 heterocycles. The van der Waals surface area contributed by atoms with Crippen molar-refractivity contribution in [3.05, 3.63) is 4.60 Å². The molecule has 0 atom stereocenters. The van der Waals surface area contributed by atoms with Crippen LogP contribution in [0.2, 0.25) is 0 Å². The van der Waals surface area contributed by atoms with E-state index < -0.39 is 21.5 Å². The second-order valence-corrected chi connectivity index (χ2v) is 6.72. The molecular weight excluding hydrogens is 328 g/mol. The number of nitrogens with zero attached hydrogens (tertiary/aromatic N) is 3. The summed E-state index contributed by atoms with van der Waals surface area (Å²) in [5, 5.41) is 15.7. The van der Waals surface area contributed by atoms with Crippen molar-refractivity contribution < 1.29 is 18.3 Å². The van der Waals surface area contributed by atoms with E-state index in [0.29, 0.717) is 0 Å². The molecule has 0 aliphatic heterocycles. The van der Waals surface area contributed by atoms with Gasteiger partial charge in [0, 0.05) is 12.6 Å². The molecule has 1 aromatic rings. The topological polar surface area (TPSA) is 114 Å². The smallest absolute Gasteiger partial charge is 0.305 e. The van der Waals surface area contributed by atoms with Crippen molar-refractivity contribution in [1.29, 1.82) is 0 Å². The molecule has 0 saturated carbocycles. The van der Waals surface area contributed by atoms with Crippen LogP contribution in [0.4, 0.5) is 0 Å². The summed E-state index contributed by atoms with van der Waals surface area (Å²) in [5.74, 6) is -1.09. The van der Waals surface area contributed by atoms with Crippen LogP contribution in [0.3, 0.4) is 0 Å². The normalized spacial score (nSPS) is 12.7. The minimum Gasteiger partial charge on any atom is -0.481 e. The van der Waals surface area contributed by atoms with Crippen molar-refractivity contribution in [2.45, 2.75) is 30.8 Å². The third kappa shape index (κ3) is 3.50. The van der Waals surface area contributed by atoms with E-state index in [1.54, 1.807) is 0 Å². The minimum atomic E-state index is -3.90. The molecule has 2 N–H and O–H groups in total. The zero-order valence-corrected chi connectivity index (χ0v) is 12.4. The Balaban J connectivity index is 3.07. The SMILES string of the molecule is Cn1nnc(Br)c1S(=O)(=O)NC(C)(C)CC(=O)O. The molecule has 0 bridgehead atoms. The number of aliphatic carboxylic acids is 1. The summed E-state index contributed by atoms with van der Waals surface area (Å²) in [4.78, 5) is 10.6. The predicted molar refractivity (Wildman–Crippen MR) is 65.4 cm³/mol. The van der Waals surface area contributed by atoms with Gasteiger partial charge < -0.3 is 5.11 Å². The highest BCUT2D eigenvalue weighted by atomic mass is 79.9. The summed E-state index contributed by atoms with van der Waals surface area (Å²) in [6.45, 7) is 2.97. The first-order chi connectivity index (χ1) is 8.05. The van der Waals surface area contributed by atoms with Crippen molar-refractivity contribution in [3.63, 3.8) is 0 Å². The zero-order valence-electron chi connectivity index (χ0n) is 10.0. The van der Waals surface area contributed by atoms with E-state index in [-0.39, 0.29) is 16.0 Å². The number of sulfonamides is 1. The predicted octanol–water partition coefficient (Wildman–Crippen LogP) is 0.109. The number of carbonyl (C=O) groups is 1. The van der Waals surface area contributed by atoms with Crippen molar-refractivity contribution in [2.24, 2.45) is 7.05 Å². The van der Waals surface area contributed by atoms with E-state index in [1.165, 1.54) is 20.9 Å². The molecule has 0 saturated heterocycles. The van der Waals surface area contributed by atoms with Crippen molar-refractivity contribution in [2.75, 3.05) is 0 Å². The van der Waals surface area contributed by atoms with Gasteiger partial charge in [0.05, 0.1) is 6.42 Å². The molecule has 0 fully saturated rings. The molecule has 1 rings (SSSR count). The number of nitrogens with one attached hydrogen (secondary N) is 1. The third-order valence-electron chi connectivity index (χ3n) is 2.00. The Morgan fingerprint density at radius 2 is 2.11 bits per heavy atom. The lowest BCUT2D eigenvalue weighted by Gasteiger charge is -2.23. The van der Waals surface area contributed by atoms with Crippen LogP contribution in [0.5, 0.6) is 0 Å². The molecule has 10 heteroatoms. The maximum absolute atomic E-state index is 12.1. The van der Waals surface area contributed by atoms with Crippen LogP contribution in [-0.2, 0) is 21.9 Å². The molecule has 0 aliphatic carbocycles. The Labute approximate surface area is 113 Å². The lowest BCUT2D eigenvalue weighted by atomic mass is 10.0. The van der Waals surface area contributed by atoms with Crippen LogP contribution in [0.1, 0.15) is 20.3 Å². The average molecular weight is 341 g/mol. The van der Waals surface area contributed by atoms with Crippen LogP contribution < -0.4 is 4.72 Å². The quantitative estimate of drug-likeness (QED) is 0.786. The van der Waals surface area contributed by atoms with Crippen LogP contribution >= 0.6 is 15.9 Å². The molecule has 1 aromatic heterocycles. The van der Waals surface area contributed by atoms with Gasteiger partial charge in [0.15, 0.2) is 4.60 Å². The molecule has 102 valence electrons. The van der Waals surface area contributed by atoms with Gasteiger partial charge in [0.1, 0.15) is 0 Å². The summed E-state index contributed by atoms with van der Waals surface area (Å²) in [6.07, 6.45) is -0.338. The maximum atomic E-state index is 12.1. The number of carboxylic acids is 1. The Morgan fingerprint density at radius 1 is 1.56 bits per heavy atom. The standard InChI is InChI=1S/C8H13BrN4O4S/c1-8(2,4-5(14)15)11-18(16,17)7-6(9)10-12-13(7)3/h11H,4H2,1-3H3,(H,14,15). The highest BCUT2D eigenvalue weighted by Gasteiger charge is 2.32. The molecule has 0 aliphatic rings. The Kier molecular flexibility index (Phi) is 4.13. The van der Waals surface area contributed by atoms with Crippen molar-refractivity contribution in [1.82, 2.24) is 19.7 Å². The lowest BCUT2D eigenvalue weighted by Crippen LogP contribution is -2.45. The number of aryl methyl sites for hydroxylation is 1. The van der Waals surface area contributed by atoms with E-state index in [4.69, 9.17) is 5.11 Å². The molecule has 8 nitrogen and oxygen atoms in total. The molecule has 18 heavy (non-hydrogen) atoms. The van der Waals surface area contributed by atoms with Crippen molar-refractivity contribution >= 4 is 31.9 Å². The fourth-order valence-electron chi connectivity index (χ4n) is 1.43. The zero-order chi connectivity index (χ0) is 14.1. The number of hydrogen-bond acceptors (Lipinski definition) is 5. The number of hydrogen-bond donors (Lipinski definition) is 2. The first-order valence-electron chi connectivity index (χ1n) is 4.86. The number of halogens is 1. The largest absolute Gasteiger partial charge is 0.481 e. The van der Waals surface area contributed by atoms with Gasteiger partial charge in [-0.3, -0.25) is 4.79 Å². The summed E-state index contributed by atoms with van der Waals surface area (Å²) < 4.78 is 27.7. The fourth-order valence-corrected chi connectivity index (χ4v) is 3.94. The molecule has 0 amide bonds. The molecule has 0 aromatic carbocycles. The highest BCUT2D eigenvalue weighted by Crippen LogP contribution is 2.20. The second kappa shape index (κ2) is 4.94. The van der Waals surface area contributed by atoms with Gasteiger partial charge in [-0.1, -0.05) is 5.21 Å². The summed E-state index contributed by atoms with van der Waals surface area (Å²) in [6, 6.07) is 0. The summed E-state index contributed by atoms with van der Waals surface area (Å²) >= 11 is 2.98. The average Bonchev–Trinajstić information content (AvgIpc) is 2.41. The van der Waals surface area contributed by atoms with E-state index in [2.05, 4.69) is 31.0 Å². The second-order valence-electron chi connectivity index (χ2n) is 4.37. The Hall–Kier alpha value is -1.00. The van der Waals surface area contributed by atoms with E-state index in [9.17, 15) is 13.2 Å². The number of aromatic nitrogens is 3. The van der Waals surface area contributed by atoms with Gasteiger partial charge in [-0.15, -0.1) is 5.10 Å². The highest BCUT2D eigenvalue weighted by molar-refractivity contribution is 9.10. The molecular formula is C8H13BrN4O4S. The van der Waals surface area contributed by atoms with E-state index in [0.717, 1.165) is 4.68 Å². The van der Waals surface area contributed by atoms with Gasteiger partial charge in [0.25, 0.3) is 10.0 Å². The molecule has 0 spiro atoms. The Morgan fingerprint density at radius 3 is 2.50 bits per heavy atom. The third-order valence-corrected chi connectivity index (χ3v) is 4.58. The Bertz CT molecular complexity index is 546. The van der Waals surface area contributed by atoms with Crippen molar-refractivity contribution in [3.8, 4) is 0 Å². The molecule has 0 radical (unpaired) electrons. The van der Waals surface area contributed by atoms with Crippen LogP contribution in [-0.4, -0.2) is 40.0 Å².